The molecule has 0 atom stereocenters. The number of unbranched alkanes of at least 4 members (excludes halogenated alkanes) is 1. The molecule has 2 aromatic heterocycles. The summed E-state index contributed by atoms with van der Waals surface area (Å²) < 4.78 is 17.0. The van der Waals surface area contributed by atoms with Crippen LogP contribution >= 0.6 is 0 Å². The number of methoxy groups -OCH3 is 1. The van der Waals surface area contributed by atoms with Gasteiger partial charge in [-0.25, -0.2) is 0 Å². The van der Waals surface area contributed by atoms with Crippen LogP contribution in [-0.2, 0) is 63.1 Å². The van der Waals surface area contributed by atoms with Crippen molar-refractivity contribution in [3.05, 3.63) is 246 Å². The van der Waals surface area contributed by atoms with Gasteiger partial charge in [-0.3, -0.25) is 0 Å². The first kappa shape index (κ1) is 116. The van der Waals surface area contributed by atoms with E-state index < -0.39 is 0 Å². The molecule has 18 heteroatoms. The Morgan fingerprint density at radius 1 is 0.320 bits per heavy atom. The van der Waals surface area contributed by atoms with E-state index in [0.29, 0.717) is 38.1 Å². The molecule has 9 aromatic carbocycles. The number of benzene rings is 9. The lowest BCUT2D eigenvalue weighted by molar-refractivity contribution is -0.328. The number of hydrogen-bond acceptors (Lipinski definition) is 11. The molecule has 0 amide bonds. The highest BCUT2D eigenvalue weighted by atomic mass is 127. The summed E-state index contributed by atoms with van der Waals surface area (Å²) in [6.07, 6.45) is 49.2. The molecule has 14 heterocycles. The molecule has 0 spiro atoms. The van der Waals surface area contributed by atoms with Crippen molar-refractivity contribution in [3.63, 3.8) is 0 Å². The molecular weight excluding hydrogens is 1990 g/mol. The van der Waals surface area contributed by atoms with E-state index in [1.54, 1.807) is 21.8 Å². The Morgan fingerprint density at radius 2 is 0.633 bits per heavy atom. The minimum atomic E-state index is -0.0146. The van der Waals surface area contributed by atoms with Crippen molar-refractivity contribution in [2.45, 2.75) is 292 Å². The van der Waals surface area contributed by atoms with Crippen LogP contribution in [0.4, 0.5) is 5.69 Å². The summed E-state index contributed by atoms with van der Waals surface area (Å²) in [5.74, 6) is 10.4. The molecule has 11 aromatic rings. The molecule has 23 rings (SSSR count). The number of nitrogens with zero attached hydrogens (tertiary/aromatic N) is 11. The lowest BCUT2D eigenvalue weighted by atomic mass is 9.82. The number of halogens is 1. The molecule has 0 unspecified atom stereocenters. The molecule has 147 heavy (non-hydrogen) atoms. The van der Waals surface area contributed by atoms with Gasteiger partial charge in [-0.15, -0.1) is 0 Å². The zero-order valence-corrected chi connectivity index (χ0v) is 98.5. The number of aryl methyl sites for hydroxylation is 2. The normalized spacial score (nSPS) is 20.0. The number of rotatable bonds is 18. The fourth-order valence-corrected chi connectivity index (χ4v) is 33.4. The molecule has 0 radical (unpaired) electrons. The van der Waals surface area contributed by atoms with Gasteiger partial charge in [0.05, 0.1) is 58.8 Å². The lowest BCUT2D eigenvalue weighted by Crippen LogP contribution is -3.34. The van der Waals surface area contributed by atoms with E-state index in [9.17, 15) is 0 Å². The van der Waals surface area contributed by atoms with Crippen molar-refractivity contribution in [2.75, 3.05) is 199 Å². The Hall–Kier alpha value is -6.47. The van der Waals surface area contributed by atoms with Crippen LogP contribution in [0.25, 0.3) is 32.6 Å². The maximum atomic E-state index is 5.98. The summed E-state index contributed by atoms with van der Waals surface area (Å²) in [5, 5.41) is 5.66. The second-order valence-electron chi connectivity index (χ2n) is 44.2. The average Bonchev–Trinajstić information content (AvgIpc) is 1.64. The van der Waals surface area contributed by atoms with E-state index in [1.807, 2.05) is 12.1 Å². The first-order chi connectivity index (χ1) is 72.0. The number of hydrogen-bond donors (Lipinski definition) is 0. The van der Waals surface area contributed by atoms with Gasteiger partial charge in [0.2, 0.25) is 0 Å². The third kappa shape index (κ3) is 36.6. The largest absolute Gasteiger partial charge is 0.497 e. The maximum Gasteiger partial charge on any atom is 0.296 e. The number of ether oxygens (including phenoxy) is 2. The van der Waals surface area contributed by atoms with Crippen molar-refractivity contribution in [3.8, 4) is 11.5 Å². The van der Waals surface area contributed by atoms with E-state index in [0.717, 1.165) is 48.7 Å². The molecule has 13 nitrogen and oxygen atoms in total. The van der Waals surface area contributed by atoms with Crippen molar-refractivity contribution in [2.24, 2.45) is 14.1 Å². The first-order valence-electron chi connectivity index (χ1n) is 58.0. The predicted molar refractivity (Wildman–Crippen MR) is 638 cm³/mol. The molecule has 0 aliphatic carbocycles. The minimum absolute atomic E-state index is 0.0146. The topological polar surface area (TPSA) is 57.5 Å². The van der Waals surface area contributed by atoms with E-state index in [2.05, 4.69) is 371 Å². The van der Waals surface area contributed by atoms with Crippen molar-refractivity contribution >= 4 is 81.8 Å². The highest BCUT2D eigenvalue weighted by Gasteiger charge is 2.36. The zero-order valence-electron chi connectivity index (χ0n) is 92.9. The van der Waals surface area contributed by atoms with Gasteiger partial charge < -0.3 is 62.7 Å². The fraction of sp³-hybridized carbons (Fsp3) is 0.566. The Kier molecular flexibility index (Phi) is 50.1. The molecule has 0 saturated carbocycles. The van der Waals surface area contributed by atoms with Gasteiger partial charge in [-0.2, -0.15) is 0 Å². The number of aromatic nitrogens is 2. The predicted octanol–water partition coefficient (Wildman–Crippen LogP) is 24.3. The van der Waals surface area contributed by atoms with Crippen LogP contribution in [0, 0.1) is 3.57 Å². The second-order valence-corrected chi connectivity index (χ2v) is 54.3. The van der Waals surface area contributed by atoms with Crippen LogP contribution in [0.5, 0.6) is 11.5 Å². The summed E-state index contributed by atoms with van der Waals surface area (Å²) in [6.45, 7) is 33.7. The molecule has 800 valence electrons. The molecule has 0 N–H and O–H groups in total. The third-order valence-corrected chi connectivity index (χ3v) is 43.5. The highest BCUT2D eigenvalue weighted by Crippen LogP contribution is 2.39. The summed E-state index contributed by atoms with van der Waals surface area (Å²) in [4.78, 5) is 32.1. The third-order valence-electron chi connectivity index (χ3n) is 33.0. The average molecular weight is 2180 g/mol. The van der Waals surface area contributed by atoms with Crippen LogP contribution in [0.3, 0.4) is 0 Å². The SMILES string of the molecule is CCC(C)(C)c1ccc([IH+])cc1.CCCCOc1ccc([S+]2CCCC2)c2ccccc12.CN1CCC(N2CCCCC2)CC1.CN1CCC(N2CCCCC2)CC1.CN1CCC(N2CCCCC2)CC1.CN1CCC(N2CCCCC2)CC1.COc1ccc(N2CCCCC2)cc1.Cn1cc([S+]2CCCC2)c2ccccc21.Cn1cc([S+]2CCCC2)c2ccccc21.c1ccc([S+](c2ccccc2)c2ccccc2)cc1. The van der Waals surface area contributed by atoms with Crippen molar-refractivity contribution < 1.29 is 32.1 Å². The van der Waals surface area contributed by atoms with Gasteiger partial charge in [-0.1, -0.05) is 169 Å². The van der Waals surface area contributed by atoms with E-state index in [4.69, 9.17) is 9.47 Å². The maximum absolute atomic E-state index is 5.98. The Labute approximate surface area is 917 Å². The number of likely N-dealkylation sites (tertiary alicyclic amines) is 8. The van der Waals surface area contributed by atoms with E-state index >= 15 is 0 Å². The molecule has 12 fully saturated rings. The van der Waals surface area contributed by atoms with Gasteiger partial charge in [0.1, 0.15) is 46.0 Å². The Morgan fingerprint density at radius 3 is 0.966 bits per heavy atom. The molecule has 0 bridgehead atoms. The smallest absolute Gasteiger partial charge is 0.296 e. The molecule has 12 aliphatic heterocycles. The van der Waals surface area contributed by atoms with E-state index in [1.165, 1.54) is 413 Å². The van der Waals surface area contributed by atoms with Crippen LogP contribution in [0.15, 0.2) is 266 Å². The summed E-state index contributed by atoms with van der Waals surface area (Å²) in [6, 6.07) is 83.8. The standard InChI is InChI=1S/C18H23OS.C18H15S.2C13H16NS.C12H17NO.C11H16I.4C11H22N2/c1-2-3-12-19-17-10-11-18(20-13-6-7-14-20)16-9-5-4-8-15(16)17;1-4-10-16(11-5-1)19(17-12-6-2-7-13-17)18-14-8-3-9-15-18;2*1-14-10-13(15-8-4-5-9-15)11-6-2-3-7-12(11)14;1-14-12-7-5-11(6-8-12)13-9-3-2-4-10-13;1-4-11(2,3)9-5-7-10(12)8-6-9;4*1-12-9-5-11(6-10-12)13-7-3-2-4-8-13/h4-5,8-11H,2-3,6-7,12-14H2,1H3;1-15H;2*2-3,6-7,10H,4-5,8-9H2,1H3;5-8H,2-4,9-10H2,1H3;5-8,12H,4H2,1-3H3;4*11H,2-10H2,1H3/q4*+1;;+1;;;;. The summed E-state index contributed by atoms with van der Waals surface area (Å²) >= 11 is 2.06. The number of para-hydroxylation sites is 2. The monoisotopic (exact) mass is 2180 g/mol. The Bertz CT molecular complexity index is 5070. The summed E-state index contributed by atoms with van der Waals surface area (Å²) in [5.41, 5.74) is 5.86. The van der Waals surface area contributed by atoms with Crippen LogP contribution in [-0.4, -0.2) is 267 Å². The molecular formula is C129H191IN11O2S4+5. The minimum Gasteiger partial charge on any atom is -0.497 e. The fourth-order valence-electron chi connectivity index (χ4n) is 23.3. The van der Waals surface area contributed by atoms with Crippen molar-refractivity contribution in [1.82, 2.24) is 48.3 Å². The van der Waals surface area contributed by atoms with Gasteiger partial charge in [0.15, 0.2) is 32.9 Å². The molecule has 12 aliphatic rings. The number of piperidine rings is 9. The van der Waals surface area contributed by atoms with Gasteiger partial charge in [0, 0.05) is 100 Å². The van der Waals surface area contributed by atoms with Crippen LogP contribution < -0.4 is 37.0 Å². The number of fused-ring (bicyclic) bond motifs is 3. The summed E-state index contributed by atoms with van der Waals surface area (Å²) in [7, 11) is 16.5. The second kappa shape index (κ2) is 63.4. The molecule has 12 saturated heterocycles. The first-order valence-corrected chi connectivity index (χ1v) is 65.1. The lowest BCUT2D eigenvalue weighted by Gasteiger charge is -2.39. The quantitative estimate of drug-likeness (QED) is 0.0469. The van der Waals surface area contributed by atoms with E-state index in [-0.39, 0.29) is 10.9 Å². The Balaban J connectivity index is 0.000000130. The van der Waals surface area contributed by atoms with Crippen LogP contribution in [0.2, 0.25) is 0 Å². The van der Waals surface area contributed by atoms with Crippen LogP contribution in [0.1, 0.15) is 239 Å². The van der Waals surface area contributed by atoms with Gasteiger partial charge in [0.25, 0.3) is 22.6 Å². The van der Waals surface area contributed by atoms with Gasteiger partial charge in [-0.05, 0) is 433 Å². The zero-order chi connectivity index (χ0) is 103. The highest BCUT2D eigenvalue weighted by molar-refractivity contribution is 7.98. The van der Waals surface area contributed by atoms with Crippen molar-refractivity contribution in [1.29, 1.82) is 0 Å². The van der Waals surface area contributed by atoms with Gasteiger partial charge >= 0.3 is 0 Å². The number of anilines is 1.